The minimum absolute atomic E-state index is 0.276. The first-order valence-electron chi connectivity index (χ1n) is 9.26. The molecule has 2 rings (SSSR count). The van der Waals surface area contributed by atoms with Crippen LogP contribution >= 0.6 is 0 Å². The van der Waals surface area contributed by atoms with E-state index in [1.807, 2.05) is 30.3 Å². The molecule has 2 aromatic carbocycles. The van der Waals surface area contributed by atoms with Crippen LogP contribution in [-0.4, -0.2) is 48.9 Å². The summed E-state index contributed by atoms with van der Waals surface area (Å²) in [6.07, 6.45) is 1.94. The molecule has 2 aromatic rings. The number of hydrogen-bond acceptors (Lipinski definition) is 6. The van der Waals surface area contributed by atoms with Gasteiger partial charge in [-0.05, 0) is 42.7 Å². The lowest BCUT2D eigenvalue weighted by Gasteiger charge is -2.11. The predicted octanol–water partition coefficient (Wildman–Crippen LogP) is 1.36. The number of hydrazone groups is 1. The Morgan fingerprint density at radius 1 is 1.03 bits per heavy atom. The van der Waals surface area contributed by atoms with Gasteiger partial charge in [-0.25, -0.2) is 10.2 Å². The molecule has 30 heavy (non-hydrogen) atoms. The van der Waals surface area contributed by atoms with Crippen molar-refractivity contribution in [1.29, 1.82) is 0 Å². The highest BCUT2D eigenvalue weighted by atomic mass is 16.5. The number of ether oxygens (including phenoxy) is 2. The van der Waals surface area contributed by atoms with Gasteiger partial charge in [-0.3, -0.25) is 9.59 Å². The van der Waals surface area contributed by atoms with Crippen molar-refractivity contribution in [1.82, 2.24) is 10.7 Å². The van der Waals surface area contributed by atoms with Crippen molar-refractivity contribution >= 4 is 24.0 Å². The molecule has 158 valence electrons. The van der Waals surface area contributed by atoms with E-state index < -0.39 is 24.4 Å². The molecule has 0 heterocycles. The molecule has 0 atom stereocenters. The van der Waals surface area contributed by atoms with Crippen molar-refractivity contribution in [2.24, 2.45) is 5.10 Å². The zero-order valence-corrected chi connectivity index (χ0v) is 16.5. The molecule has 0 spiro atoms. The third kappa shape index (κ3) is 7.63. The summed E-state index contributed by atoms with van der Waals surface area (Å²) in [7, 11) is 0. The number of amides is 2. The molecule has 2 amide bonds. The van der Waals surface area contributed by atoms with Crippen LogP contribution in [0.4, 0.5) is 0 Å². The molecule has 0 bridgehead atoms. The Hall–Kier alpha value is -3.88. The second-order valence-corrected chi connectivity index (χ2v) is 6.01. The molecule has 0 aliphatic rings. The summed E-state index contributed by atoms with van der Waals surface area (Å²) in [4.78, 5) is 34.3. The minimum atomic E-state index is -1.10. The molecule has 3 N–H and O–H groups in total. The highest BCUT2D eigenvalue weighted by molar-refractivity contribution is 6.35. The van der Waals surface area contributed by atoms with Gasteiger partial charge in [0.05, 0.1) is 12.8 Å². The molecule has 0 aromatic heterocycles. The molecule has 9 nitrogen and oxygen atoms in total. The Labute approximate surface area is 173 Å². The summed E-state index contributed by atoms with van der Waals surface area (Å²) in [5.41, 5.74) is 3.77. The van der Waals surface area contributed by atoms with E-state index >= 15 is 0 Å². The van der Waals surface area contributed by atoms with Crippen LogP contribution < -0.4 is 20.2 Å². The molecule has 0 radical (unpaired) electrons. The van der Waals surface area contributed by atoms with Crippen molar-refractivity contribution in [2.45, 2.75) is 13.3 Å². The topological polar surface area (TPSA) is 126 Å². The Kier molecular flexibility index (Phi) is 8.85. The molecule has 9 heteroatoms. The van der Waals surface area contributed by atoms with Gasteiger partial charge >= 0.3 is 17.8 Å². The minimum Gasteiger partial charge on any atom is -0.490 e. The third-order valence-corrected chi connectivity index (χ3v) is 3.75. The highest BCUT2D eigenvalue weighted by Crippen LogP contribution is 2.28. The number of nitrogens with zero attached hydrogens (tertiary/aromatic N) is 1. The maximum atomic E-state index is 11.8. The Morgan fingerprint density at radius 2 is 1.80 bits per heavy atom. The average Bonchev–Trinajstić information content (AvgIpc) is 2.74. The summed E-state index contributed by atoms with van der Waals surface area (Å²) in [5, 5.41) is 15.0. The van der Waals surface area contributed by atoms with Crippen LogP contribution in [0.2, 0.25) is 0 Å². The number of carboxylic acids is 1. The number of carboxylic acid groups (broad SMARTS) is 1. The largest absolute Gasteiger partial charge is 0.490 e. The zero-order valence-electron chi connectivity index (χ0n) is 16.5. The van der Waals surface area contributed by atoms with E-state index in [4.69, 9.17) is 14.6 Å². The van der Waals surface area contributed by atoms with Crippen LogP contribution in [0.5, 0.6) is 11.5 Å². The maximum Gasteiger partial charge on any atom is 0.341 e. The number of carbonyl (C=O) groups is 3. The number of aliphatic carboxylic acids is 1. The van der Waals surface area contributed by atoms with Gasteiger partial charge < -0.3 is 19.9 Å². The maximum absolute atomic E-state index is 11.8. The van der Waals surface area contributed by atoms with Gasteiger partial charge in [-0.15, -0.1) is 0 Å². The SMILES string of the molecule is CCOc1cc(/C=N\NC(=O)C(=O)NCCc2ccccc2)ccc1OCC(=O)O. The van der Waals surface area contributed by atoms with Gasteiger partial charge in [-0.1, -0.05) is 30.3 Å². The fourth-order valence-corrected chi connectivity index (χ4v) is 2.39. The quantitative estimate of drug-likeness (QED) is 0.307. The van der Waals surface area contributed by atoms with E-state index in [-0.39, 0.29) is 5.75 Å². The van der Waals surface area contributed by atoms with Crippen LogP contribution in [0.25, 0.3) is 0 Å². The van der Waals surface area contributed by atoms with Gasteiger partial charge in [0.2, 0.25) is 0 Å². The highest BCUT2D eigenvalue weighted by Gasteiger charge is 2.12. The number of benzene rings is 2. The molecular weight excluding hydrogens is 390 g/mol. The lowest BCUT2D eigenvalue weighted by molar-refractivity contribution is -0.139. The van der Waals surface area contributed by atoms with Crippen LogP contribution in [0.1, 0.15) is 18.1 Å². The van der Waals surface area contributed by atoms with Gasteiger partial charge in [0.15, 0.2) is 18.1 Å². The van der Waals surface area contributed by atoms with Gasteiger partial charge in [0.1, 0.15) is 0 Å². The average molecular weight is 413 g/mol. The van der Waals surface area contributed by atoms with Gasteiger partial charge in [0, 0.05) is 6.54 Å². The van der Waals surface area contributed by atoms with Crippen molar-refractivity contribution in [3.05, 3.63) is 59.7 Å². The van der Waals surface area contributed by atoms with E-state index in [1.165, 1.54) is 12.3 Å². The number of hydrogen-bond donors (Lipinski definition) is 3. The lowest BCUT2D eigenvalue weighted by Crippen LogP contribution is -2.38. The normalized spacial score (nSPS) is 10.4. The summed E-state index contributed by atoms with van der Waals surface area (Å²) < 4.78 is 10.6. The smallest absolute Gasteiger partial charge is 0.341 e. The van der Waals surface area contributed by atoms with Crippen LogP contribution in [-0.2, 0) is 20.8 Å². The third-order valence-electron chi connectivity index (χ3n) is 3.75. The molecule has 0 fully saturated rings. The molecule has 0 saturated carbocycles. The summed E-state index contributed by atoms with van der Waals surface area (Å²) >= 11 is 0. The molecule has 0 aliphatic carbocycles. The number of rotatable bonds is 10. The fraction of sp³-hybridized carbons (Fsp3) is 0.238. The summed E-state index contributed by atoms with van der Waals surface area (Å²) in [6, 6.07) is 14.3. The second-order valence-electron chi connectivity index (χ2n) is 6.01. The van der Waals surface area contributed by atoms with Gasteiger partial charge in [0.25, 0.3) is 0 Å². The summed E-state index contributed by atoms with van der Waals surface area (Å²) in [5.74, 6) is -2.15. The Balaban J connectivity index is 1.85. The van der Waals surface area contributed by atoms with Crippen LogP contribution in [0, 0.1) is 0 Å². The first kappa shape index (κ1) is 22.4. The van der Waals surface area contributed by atoms with E-state index in [9.17, 15) is 14.4 Å². The first-order chi connectivity index (χ1) is 14.5. The van der Waals surface area contributed by atoms with E-state index in [0.717, 1.165) is 5.56 Å². The van der Waals surface area contributed by atoms with Crippen molar-refractivity contribution in [2.75, 3.05) is 19.8 Å². The van der Waals surface area contributed by atoms with E-state index in [1.54, 1.807) is 19.1 Å². The number of nitrogens with one attached hydrogen (secondary N) is 2. The zero-order chi connectivity index (χ0) is 21.8. The lowest BCUT2D eigenvalue weighted by atomic mass is 10.1. The van der Waals surface area contributed by atoms with E-state index in [0.29, 0.717) is 30.9 Å². The summed E-state index contributed by atoms with van der Waals surface area (Å²) in [6.45, 7) is 1.96. The van der Waals surface area contributed by atoms with Crippen molar-refractivity contribution < 1.29 is 29.0 Å². The van der Waals surface area contributed by atoms with Crippen LogP contribution in [0.3, 0.4) is 0 Å². The number of carbonyl (C=O) groups excluding carboxylic acids is 2. The van der Waals surface area contributed by atoms with Crippen LogP contribution in [0.15, 0.2) is 53.6 Å². The van der Waals surface area contributed by atoms with Crippen molar-refractivity contribution in [3.8, 4) is 11.5 Å². The molecular formula is C21H23N3O6. The Bertz CT molecular complexity index is 899. The first-order valence-corrected chi connectivity index (χ1v) is 9.26. The van der Waals surface area contributed by atoms with E-state index in [2.05, 4.69) is 15.8 Å². The molecule has 0 unspecified atom stereocenters. The second kappa shape index (κ2) is 11.8. The standard InChI is InChI=1S/C21H23N3O6/c1-2-29-18-12-16(8-9-17(18)30-14-19(25)26)13-23-24-21(28)20(27)22-11-10-15-6-4-3-5-7-15/h3-9,12-13H,2,10-11,14H2,1H3,(H,22,27)(H,24,28)(H,25,26)/b23-13-. The monoisotopic (exact) mass is 413 g/mol. The molecule has 0 aliphatic heterocycles. The molecule has 0 saturated heterocycles. The Morgan fingerprint density at radius 3 is 2.50 bits per heavy atom. The van der Waals surface area contributed by atoms with Crippen molar-refractivity contribution in [3.63, 3.8) is 0 Å². The predicted molar refractivity (Wildman–Crippen MR) is 110 cm³/mol. The van der Waals surface area contributed by atoms with Gasteiger partial charge in [-0.2, -0.15) is 5.10 Å². The fourth-order valence-electron chi connectivity index (χ4n) is 2.39.